The molecule has 3 nitrogen and oxygen atoms in total. The van der Waals surface area contributed by atoms with Crippen molar-refractivity contribution in [2.24, 2.45) is 0 Å². The number of pyridine rings is 1. The molecular weight excluding hydrogens is 305 g/mol. The van der Waals surface area contributed by atoms with E-state index < -0.39 is 0 Å². The van der Waals surface area contributed by atoms with Crippen molar-refractivity contribution < 1.29 is 0 Å². The predicted molar refractivity (Wildman–Crippen MR) is 87.2 cm³/mol. The molecule has 2 heterocycles. The van der Waals surface area contributed by atoms with E-state index in [1.807, 2.05) is 43.3 Å². The van der Waals surface area contributed by atoms with Crippen molar-refractivity contribution in [1.29, 1.82) is 0 Å². The summed E-state index contributed by atoms with van der Waals surface area (Å²) >= 11 is 12.0. The standard InChI is InChI=1S/C16H15Cl2N3/c1-11-3-2-4-13(19-11)10-21-15-6-5-12(18)9-14(15)20-16(21)7-8-17/h2-6,9H,7-8,10H2,1H3. The molecular formula is C16H15Cl2N3. The molecule has 0 bridgehead atoms. The lowest BCUT2D eigenvalue weighted by Crippen LogP contribution is -2.07. The van der Waals surface area contributed by atoms with Crippen LogP contribution in [0.5, 0.6) is 0 Å². The summed E-state index contributed by atoms with van der Waals surface area (Å²) in [6.07, 6.45) is 0.722. The molecule has 2 aromatic heterocycles. The first kappa shape index (κ1) is 14.4. The summed E-state index contributed by atoms with van der Waals surface area (Å²) in [5.74, 6) is 1.50. The molecule has 0 aliphatic heterocycles. The van der Waals surface area contributed by atoms with Gasteiger partial charge in [0, 0.05) is 23.0 Å². The van der Waals surface area contributed by atoms with Gasteiger partial charge < -0.3 is 4.57 Å². The third-order valence-electron chi connectivity index (χ3n) is 3.37. The highest BCUT2D eigenvalue weighted by Crippen LogP contribution is 2.22. The minimum atomic E-state index is 0.540. The van der Waals surface area contributed by atoms with Crippen molar-refractivity contribution in [2.45, 2.75) is 19.9 Å². The lowest BCUT2D eigenvalue weighted by atomic mass is 10.3. The fourth-order valence-corrected chi connectivity index (χ4v) is 2.79. The average molecular weight is 320 g/mol. The maximum Gasteiger partial charge on any atom is 0.111 e. The molecule has 21 heavy (non-hydrogen) atoms. The first-order chi connectivity index (χ1) is 10.2. The van der Waals surface area contributed by atoms with Gasteiger partial charge in [-0.05, 0) is 37.3 Å². The number of halogens is 2. The van der Waals surface area contributed by atoms with E-state index in [2.05, 4.69) is 14.5 Å². The summed E-state index contributed by atoms with van der Waals surface area (Å²) in [5, 5.41) is 0.693. The van der Waals surface area contributed by atoms with Crippen LogP contribution < -0.4 is 0 Å². The second kappa shape index (κ2) is 6.04. The number of hydrogen-bond acceptors (Lipinski definition) is 2. The highest BCUT2D eigenvalue weighted by atomic mass is 35.5. The Morgan fingerprint density at radius 2 is 2.00 bits per heavy atom. The molecule has 108 valence electrons. The van der Waals surface area contributed by atoms with Crippen LogP contribution in [-0.4, -0.2) is 20.4 Å². The van der Waals surface area contributed by atoms with Gasteiger partial charge in [-0.15, -0.1) is 11.6 Å². The van der Waals surface area contributed by atoms with E-state index in [-0.39, 0.29) is 0 Å². The Morgan fingerprint density at radius 3 is 2.76 bits per heavy atom. The maximum atomic E-state index is 6.05. The van der Waals surface area contributed by atoms with Crippen molar-refractivity contribution in [1.82, 2.24) is 14.5 Å². The molecule has 0 unspecified atom stereocenters. The van der Waals surface area contributed by atoms with Crippen molar-refractivity contribution in [3.05, 3.63) is 58.6 Å². The summed E-state index contributed by atoms with van der Waals surface area (Å²) in [6.45, 7) is 2.68. The normalized spacial score (nSPS) is 11.2. The highest BCUT2D eigenvalue weighted by molar-refractivity contribution is 6.31. The van der Waals surface area contributed by atoms with Crippen LogP contribution in [0.25, 0.3) is 11.0 Å². The van der Waals surface area contributed by atoms with Crippen LogP contribution in [0, 0.1) is 6.92 Å². The molecule has 5 heteroatoms. The molecule has 0 N–H and O–H groups in total. The van der Waals surface area contributed by atoms with Crippen LogP contribution in [0.1, 0.15) is 17.2 Å². The van der Waals surface area contributed by atoms with Crippen LogP contribution in [0.15, 0.2) is 36.4 Å². The van der Waals surface area contributed by atoms with Gasteiger partial charge in [-0.25, -0.2) is 4.98 Å². The van der Waals surface area contributed by atoms with Crippen molar-refractivity contribution in [3.63, 3.8) is 0 Å². The second-order valence-corrected chi connectivity index (χ2v) is 5.77. The molecule has 0 aliphatic rings. The maximum absolute atomic E-state index is 6.05. The van der Waals surface area contributed by atoms with Gasteiger partial charge in [0.05, 0.1) is 23.3 Å². The van der Waals surface area contributed by atoms with Crippen LogP contribution >= 0.6 is 23.2 Å². The molecule has 0 spiro atoms. The van der Waals surface area contributed by atoms with Gasteiger partial charge in [-0.1, -0.05) is 17.7 Å². The molecule has 0 aliphatic carbocycles. The minimum Gasteiger partial charge on any atom is -0.322 e. The Morgan fingerprint density at radius 1 is 1.14 bits per heavy atom. The first-order valence-corrected chi connectivity index (χ1v) is 7.72. The second-order valence-electron chi connectivity index (χ2n) is 4.96. The monoisotopic (exact) mass is 319 g/mol. The third-order valence-corrected chi connectivity index (χ3v) is 3.80. The molecule has 1 aromatic carbocycles. The summed E-state index contributed by atoms with van der Waals surface area (Å²) in [4.78, 5) is 9.21. The number of imidazole rings is 1. The SMILES string of the molecule is Cc1cccc(Cn2c(CCCl)nc3cc(Cl)ccc32)n1. The van der Waals surface area contributed by atoms with E-state index in [0.29, 0.717) is 17.4 Å². The lowest BCUT2D eigenvalue weighted by molar-refractivity contribution is 0.735. The quantitative estimate of drug-likeness (QED) is 0.674. The van der Waals surface area contributed by atoms with Crippen molar-refractivity contribution >= 4 is 34.2 Å². The summed E-state index contributed by atoms with van der Waals surface area (Å²) < 4.78 is 2.16. The molecule has 0 atom stereocenters. The molecule has 0 saturated carbocycles. The van der Waals surface area contributed by atoms with Gasteiger partial charge >= 0.3 is 0 Å². The Bertz CT molecular complexity index is 780. The van der Waals surface area contributed by atoms with Gasteiger partial charge in [-0.3, -0.25) is 4.98 Å². The number of rotatable bonds is 4. The van der Waals surface area contributed by atoms with Crippen molar-refractivity contribution in [2.75, 3.05) is 5.88 Å². The van der Waals surface area contributed by atoms with E-state index in [1.54, 1.807) is 0 Å². The minimum absolute atomic E-state index is 0.540. The van der Waals surface area contributed by atoms with E-state index >= 15 is 0 Å². The zero-order chi connectivity index (χ0) is 14.8. The summed E-state index contributed by atoms with van der Waals surface area (Å²) in [5.41, 5.74) is 3.98. The van der Waals surface area contributed by atoms with Crippen LogP contribution in [0.2, 0.25) is 5.02 Å². The largest absolute Gasteiger partial charge is 0.322 e. The zero-order valence-electron chi connectivity index (χ0n) is 11.7. The molecule has 0 saturated heterocycles. The third kappa shape index (κ3) is 3.04. The molecule has 0 amide bonds. The van der Waals surface area contributed by atoms with Gasteiger partial charge in [0.1, 0.15) is 5.82 Å². The van der Waals surface area contributed by atoms with Gasteiger partial charge in [0.15, 0.2) is 0 Å². The Kier molecular flexibility index (Phi) is 4.13. The fourth-order valence-electron chi connectivity index (χ4n) is 2.45. The van der Waals surface area contributed by atoms with Crippen LogP contribution in [0.4, 0.5) is 0 Å². The number of aryl methyl sites for hydroxylation is 2. The summed E-state index contributed by atoms with van der Waals surface area (Å²) in [6, 6.07) is 11.8. The number of nitrogens with zero attached hydrogens (tertiary/aromatic N) is 3. The molecule has 3 aromatic rings. The zero-order valence-corrected chi connectivity index (χ0v) is 13.2. The molecule has 0 radical (unpaired) electrons. The smallest absolute Gasteiger partial charge is 0.111 e. The Hall–Kier alpha value is -1.58. The van der Waals surface area contributed by atoms with Gasteiger partial charge in [0.25, 0.3) is 0 Å². The fraction of sp³-hybridized carbons (Fsp3) is 0.250. The number of fused-ring (bicyclic) bond motifs is 1. The number of alkyl halides is 1. The highest BCUT2D eigenvalue weighted by Gasteiger charge is 2.11. The lowest BCUT2D eigenvalue weighted by Gasteiger charge is -2.08. The average Bonchev–Trinajstić information content (AvgIpc) is 2.76. The van der Waals surface area contributed by atoms with Crippen LogP contribution in [-0.2, 0) is 13.0 Å². The topological polar surface area (TPSA) is 30.7 Å². The number of benzene rings is 1. The predicted octanol–water partition coefficient (Wildman–Crippen LogP) is 4.22. The van der Waals surface area contributed by atoms with Crippen LogP contribution in [0.3, 0.4) is 0 Å². The Labute approximate surface area is 133 Å². The molecule has 0 fully saturated rings. The van der Waals surface area contributed by atoms with E-state index in [0.717, 1.165) is 34.7 Å². The van der Waals surface area contributed by atoms with E-state index in [4.69, 9.17) is 23.2 Å². The van der Waals surface area contributed by atoms with E-state index in [1.165, 1.54) is 0 Å². The first-order valence-electron chi connectivity index (χ1n) is 6.80. The van der Waals surface area contributed by atoms with E-state index in [9.17, 15) is 0 Å². The summed E-state index contributed by atoms with van der Waals surface area (Å²) in [7, 11) is 0. The van der Waals surface area contributed by atoms with Gasteiger partial charge in [-0.2, -0.15) is 0 Å². The van der Waals surface area contributed by atoms with Gasteiger partial charge in [0.2, 0.25) is 0 Å². The number of hydrogen-bond donors (Lipinski definition) is 0. The molecule has 3 rings (SSSR count). The number of aromatic nitrogens is 3. The Balaban J connectivity index is 2.08. The van der Waals surface area contributed by atoms with Crippen molar-refractivity contribution in [3.8, 4) is 0 Å².